The topological polar surface area (TPSA) is 87.8 Å². The number of aromatic carboxylic acids is 1. The van der Waals surface area contributed by atoms with E-state index in [1.54, 1.807) is 33.4 Å². The van der Waals surface area contributed by atoms with E-state index in [1.165, 1.54) is 6.07 Å². The Kier molecular flexibility index (Phi) is 6.19. The van der Waals surface area contributed by atoms with Gasteiger partial charge in [0.1, 0.15) is 0 Å². The summed E-state index contributed by atoms with van der Waals surface area (Å²) in [5.41, 5.74) is 3.81. The lowest BCUT2D eigenvalue weighted by atomic mass is 10.1. The van der Waals surface area contributed by atoms with Gasteiger partial charge in [-0.2, -0.15) is 0 Å². The molecule has 2 heterocycles. The van der Waals surface area contributed by atoms with Crippen molar-refractivity contribution in [3.63, 3.8) is 0 Å². The first-order valence-corrected chi connectivity index (χ1v) is 13.1. The molecule has 2 aliphatic rings. The van der Waals surface area contributed by atoms with Gasteiger partial charge in [0.05, 0.1) is 28.8 Å². The molecule has 0 bridgehead atoms. The molecule has 0 spiro atoms. The highest BCUT2D eigenvalue weighted by Gasteiger charge is 2.34. The fraction of sp³-hybridized carbons (Fsp3) is 0.276. The molecule has 38 heavy (non-hydrogen) atoms. The van der Waals surface area contributed by atoms with Gasteiger partial charge in [-0.15, -0.1) is 0 Å². The number of piperazine rings is 1. The van der Waals surface area contributed by atoms with Crippen LogP contribution in [-0.2, 0) is 11.3 Å². The fourth-order valence-electron chi connectivity index (χ4n) is 5.20. The standard InChI is InChI=1S/C29H27ClN4O4/c30-22-6-11-25-26(17-22)34(29(38)33(25)18-19-2-1-3-21(16-19)28(36)37)24-9-7-23(8-10-24)31-12-14-32(15-13-31)27(35)20-4-5-20/h1-3,6-11,16-17,20H,4-5,12-15,18H2,(H,36,37). The summed E-state index contributed by atoms with van der Waals surface area (Å²) >= 11 is 6.32. The fourth-order valence-corrected chi connectivity index (χ4v) is 5.37. The van der Waals surface area contributed by atoms with Crippen molar-refractivity contribution >= 4 is 40.2 Å². The molecule has 1 saturated heterocycles. The molecule has 2 fully saturated rings. The maximum atomic E-state index is 13.7. The Morgan fingerprint density at radius 2 is 1.58 bits per heavy atom. The highest BCUT2D eigenvalue weighted by molar-refractivity contribution is 6.31. The van der Waals surface area contributed by atoms with E-state index in [2.05, 4.69) is 4.90 Å². The van der Waals surface area contributed by atoms with Crippen molar-refractivity contribution in [2.24, 2.45) is 5.92 Å². The van der Waals surface area contributed by atoms with E-state index in [4.69, 9.17) is 11.6 Å². The maximum absolute atomic E-state index is 13.7. The molecule has 1 aromatic heterocycles. The zero-order valence-corrected chi connectivity index (χ0v) is 21.5. The predicted octanol–water partition coefficient (Wildman–Crippen LogP) is 4.25. The van der Waals surface area contributed by atoms with Crippen LogP contribution in [0.25, 0.3) is 16.7 Å². The molecule has 194 valence electrons. The molecule has 6 rings (SSSR count). The predicted molar refractivity (Wildman–Crippen MR) is 147 cm³/mol. The molecule has 3 aromatic carbocycles. The van der Waals surface area contributed by atoms with Gasteiger partial charge in [0.15, 0.2) is 0 Å². The molecule has 1 N–H and O–H groups in total. The van der Waals surface area contributed by atoms with Crippen LogP contribution in [0.1, 0.15) is 28.8 Å². The highest BCUT2D eigenvalue weighted by atomic mass is 35.5. The Balaban J connectivity index is 1.29. The van der Waals surface area contributed by atoms with Gasteiger partial charge in [-0.1, -0.05) is 23.7 Å². The van der Waals surface area contributed by atoms with Crippen LogP contribution >= 0.6 is 11.6 Å². The first-order chi connectivity index (χ1) is 18.4. The van der Waals surface area contributed by atoms with E-state index >= 15 is 0 Å². The van der Waals surface area contributed by atoms with Crippen LogP contribution in [0.5, 0.6) is 0 Å². The number of aromatic nitrogens is 2. The lowest BCUT2D eigenvalue weighted by molar-refractivity contribution is -0.132. The lowest BCUT2D eigenvalue weighted by Gasteiger charge is -2.36. The van der Waals surface area contributed by atoms with Crippen LogP contribution in [0.4, 0.5) is 5.69 Å². The Labute approximate surface area is 224 Å². The summed E-state index contributed by atoms with van der Waals surface area (Å²) in [6.07, 6.45) is 2.05. The van der Waals surface area contributed by atoms with Crippen LogP contribution < -0.4 is 10.6 Å². The smallest absolute Gasteiger partial charge is 0.335 e. The van der Waals surface area contributed by atoms with E-state index in [0.717, 1.165) is 50.3 Å². The average Bonchev–Trinajstić information content (AvgIpc) is 3.75. The average molecular weight is 531 g/mol. The zero-order chi connectivity index (χ0) is 26.4. The number of carbonyl (C=O) groups excluding carboxylic acids is 1. The second-order valence-corrected chi connectivity index (χ2v) is 10.4. The number of hydrogen-bond donors (Lipinski definition) is 1. The molecule has 1 saturated carbocycles. The number of hydrogen-bond acceptors (Lipinski definition) is 4. The van der Waals surface area contributed by atoms with Gasteiger partial charge in [0, 0.05) is 42.8 Å². The summed E-state index contributed by atoms with van der Waals surface area (Å²) in [6, 6.07) is 19.8. The minimum absolute atomic E-state index is 0.177. The molecule has 9 heteroatoms. The van der Waals surface area contributed by atoms with E-state index in [1.807, 2.05) is 41.3 Å². The van der Waals surface area contributed by atoms with Gasteiger partial charge in [-0.05, 0) is 73.0 Å². The number of carboxylic acid groups (broad SMARTS) is 1. The van der Waals surface area contributed by atoms with Gasteiger partial charge in [0.2, 0.25) is 5.91 Å². The summed E-state index contributed by atoms with van der Waals surface area (Å²) < 4.78 is 3.27. The zero-order valence-electron chi connectivity index (χ0n) is 20.7. The second kappa shape index (κ2) is 9.68. The van der Waals surface area contributed by atoms with Crippen molar-refractivity contribution in [3.05, 3.63) is 93.4 Å². The van der Waals surface area contributed by atoms with E-state index in [0.29, 0.717) is 27.7 Å². The van der Waals surface area contributed by atoms with Crippen LogP contribution in [0.15, 0.2) is 71.5 Å². The van der Waals surface area contributed by atoms with E-state index < -0.39 is 5.97 Å². The number of nitrogens with zero attached hydrogens (tertiary/aromatic N) is 4. The Morgan fingerprint density at radius 1 is 0.868 bits per heavy atom. The minimum atomic E-state index is -1.01. The van der Waals surface area contributed by atoms with Gasteiger partial charge in [-0.3, -0.25) is 13.9 Å². The molecule has 0 unspecified atom stereocenters. The number of fused-ring (bicyclic) bond motifs is 1. The van der Waals surface area contributed by atoms with Crippen molar-refractivity contribution in [1.82, 2.24) is 14.0 Å². The molecular weight excluding hydrogens is 504 g/mol. The number of amides is 1. The summed E-state index contributed by atoms with van der Waals surface area (Å²) in [5, 5.41) is 9.88. The van der Waals surface area contributed by atoms with Gasteiger partial charge >= 0.3 is 11.7 Å². The third kappa shape index (κ3) is 4.56. The molecule has 1 aliphatic heterocycles. The monoisotopic (exact) mass is 530 g/mol. The number of imidazole rings is 1. The summed E-state index contributed by atoms with van der Waals surface area (Å²) in [6.45, 7) is 3.24. The third-order valence-corrected chi connectivity index (χ3v) is 7.63. The van der Waals surface area contributed by atoms with Crippen molar-refractivity contribution < 1.29 is 14.7 Å². The minimum Gasteiger partial charge on any atom is -0.478 e. The number of carboxylic acids is 1. The van der Waals surface area contributed by atoms with Gasteiger partial charge < -0.3 is 14.9 Å². The summed E-state index contributed by atoms with van der Waals surface area (Å²) in [7, 11) is 0. The quantitative estimate of drug-likeness (QED) is 0.403. The number of carbonyl (C=O) groups is 2. The maximum Gasteiger partial charge on any atom is 0.335 e. The molecule has 1 amide bonds. The molecule has 1 aliphatic carbocycles. The molecule has 4 aromatic rings. The highest BCUT2D eigenvalue weighted by Crippen LogP contribution is 2.31. The third-order valence-electron chi connectivity index (χ3n) is 7.40. The lowest BCUT2D eigenvalue weighted by Crippen LogP contribution is -2.49. The SMILES string of the molecule is O=C(O)c1cccc(Cn2c(=O)n(-c3ccc(N4CCN(C(=O)C5CC5)CC4)cc3)c3cc(Cl)ccc32)c1. The summed E-state index contributed by atoms with van der Waals surface area (Å²) in [4.78, 5) is 41.7. The van der Waals surface area contributed by atoms with E-state index in [-0.39, 0.29) is 23.7 Å². The Hall–Kier alpha value is -4.04. The first-order valence-electron chi connectivity index (χ1n) is 12.8. The van der Waals surface area contributed by atoms with Crippen molar-refractivity contribution in [3.8, 4) is 5.69 Å². The number of halogens is 1. The normalized spacial score (nSPS) is 15.7. The van der Waals surface area contributed by atoms with Crippen LogP contribution in [-0.4, -0.2) is 57.2 Å². The second-order valence-electron chi connectivity index (χ2n) is 9.95. The first kappa shape index (κ1) is 24.3. The van der Waals surface area contributed by atoms with Crippen molar-refractivity contribution in [1.29, 1.82) is 0 Å². The molecule has 0 atom stereocenters. The van der Waals surface area contributed by atoms with Crippen LogP contribution in [0.3, 0.4) is 0 Å². The van der Waals surface area contributed by atoms with Crippen molar-refractivity contribution in [2.45, 2.75) is 19.4 Å². The van der Waals surface area contributed by atoms with Gasteiger partial charge in [0.25, 0.3) is 0 Å². The van der Waals surface area contributed by atoms with Crippen LogP contribution in [0.2, 0.25) is 5.02 Å². The van der Waals surface area contributed by atoms with E-state index in [9.17, 15) is 19.5 Å². The largest absolute Gasteiger partial charge is 0.478 e. The number of rotatable bonds is 6. The molecule has 8 nitrogen and oxygen atoms in total. The number of benzene rings is 3. The van der Waals surface area contributed by atoms with Crippen LogP contribution in [0, 0.1) is 5.92 Å². The van der Waals surface area contributed by atoms with Crippen molar-refractivity contribution in [2.75, 3.05) is 31.1 Å². The Morgan fingerprint density at radius 3 is 2.26 bits per heavy atom. The summed E-state index contributed by atoms with van der Waals surface area (Å²) in [5.74, 6) is -0.468. The Bertz CT molecular complexity index is 1600. The van der Waals surface area contributed by atoms with Gasteiger partial charge in [-0.25, -0.2) is 9.59 Å². The molecule has 0 radical (unpaired) electrons. The number of anilines is 1. The molecular formula is C29H27ClN4O4.